The van der Waals surface area contributed by atoms with Crippen molar-refractivity contribution >= 4 is 17.5 Å². The summed E-state index contributed by atoms with van der Waals surface area (Å²) < 4.78 is 0. The third-order valence-electron chi connectivity index (χ3n) is 2.95. The van der Waals surface area contributed by atoms with Crippen LogP contribution in [0.3, 0.4) is 0 Å². The van der Waals surface area contributed by atoms with Crippen LogP contribution < -0.4 is 4.90 Å². The van der Waals surface area contributed by atoms with E-state index in [4.69, 9.17) is 5.11 Å². The van der Waals surface area contributed by atoms with Gasteiger partial charge in [-0.05, 0) is 25.0 Å². The Bertz CT molecular complexity index is 454. The molecule has 0 unspecified atom stereocenters. The lowest BCUT2D eigenvalue weighted by Crippen LogP contribution is -2.26. The van der Waals surface area contributed by atoms with E-state index in [0.29, 0.717) is 6.42 Å². The van der Waals surface area contributed by atoms with Crippen molar-refractivity contribution in [3.8, 4) is 0 Å². The van der Waals surface area contributed by atoms with Crippen molar-refractivity contribution in [1.29, 1.82) is 0 Å². The van der Waals surface area contributed by atoms with Gasteiger partial charge in [-0.1, -0.05) is 18.2 Å². The molecule has 0 spiro atoms. The number of rotatable bonds is 4. The molecule has 17 heavy (non-hydrogen) atoms. The molecule has 0 fully saturated rings. The Morgan fingerprint density at radius 1 is 1.47 bits per heavy atom. The Morgan fingerprint density at radius 3 is 2.88 bits per heavy atom. The van der Waals surface area contributed by atoms with E-state index in [1.54, 1.807) is 0 Å². The van der Waals surface area contributed by atoms with Crippen LogP contribution in [0.15, 0.2) is 29.3 Å². The van der Waals surface area contributed by atoms with Crippen molar-refractivity contribution in [2.24, 2.45) is 4.99 Å². The van der Waals surface area contributed by atoms with Crippen LogP contribution in [0.4, 0.5) is 5.69 Å². The highest BCUT2D eigenvalue weighted by molar-refractivity contribution is 5.98. The van der Waals surface area contributed by atoms with Gasteiger partial charge in [0.05, 0.1) is 6.54 Å². The Hall–Kier alpha value is -1.84. The molecule has 4 heteroatoms. The number of carbonyl (C=O) groups is 1. The largest absolute Gasteiger partial charge is 0.481 e. The zero-order chi connectivity index (χ0) is 12.3. The Kier molecular flexibility index (Phi) is 3.42. The van der Waals surface area contributed by atoms with Gasteiger partial charge >= 0.3 is 5.97 Å². The van der Waals surface area contributed by atoms with Crippen LogP contribution in [0.1, 0.15) is 18.9 Å². The Morgan fingerprint density at radius 2 is 2.24 bits per heavy atom. The number of carboxylic acids is 1. The normalized spacial score (nSPS) is 14.9. The monoisotopic (exact) mass is 232 g/mol. The molecule has 0 amide bonds. The minimum Gasteiger partial charge on any atom is -0.481 e. The number of aliphatic imine (C=N–C) groups is 1. The molecule has 2 rings (SSSR count). The number of aliphatic carboxylic acids is 1. The number of nitrogens with zero attached hydrogens (tertiary/aromatic N) is 2. The lowest BCUT2D eigenvalue weighted by Gasteiger charge is -2.21. The quantitative estimate of drug-likeness (QED) is 0.863. The molecule has 1 N–H and O–H groups in total. The molecule has 0 saturated carbocycles. The van der Waals surface area contributed by atoms with E-state index in [2.05, 4.69) is 9.89 Å². The molecular formula is C13H16N2O2. The molecule has 0 saturated heterocycles. The first-order valence-corrected chi connectivity index (χ1v) is 5.77. The summed E-state index contributed by atoms with van der Waals surface area (Å²) in [6.07, 6.45) is 0.732. The van der Waals surface area contributed by atoms with Gasteiger partial charge in [-0.15, -0.1) is 0 Å². The number of hydrogen-bond donors (Lipinski definition) is 1. The van der Waals surface area contributed by atoms with Gasteiger partial charge in [0.2, 0.25) is 0 Å². The van der Waals surface area contributed by atoms with Crippen LogP contribution in [-0.2, 0) is 11.2 Å². The SMILES string of the molecule is CC1=NCCN1c1ccccc1CCC(=O)O. The predicted molar refractivity (Wildman–Crippen MR) is 67.7 cm³/mol. The molecule has 4 nitrogen and oxygen atoms in total. The summed E-state index contributed by atoms with van der Waals surface area (Å²) >= 11 is 0. The van der Waals surface area contributed by atoms with Crippen LogP contribution in [0.5, 0.6) is 0 Å². The fourth-order valence-electron chi connectivity index (χ4n) is 2.08. The standard InChI is InChI=1S/C13H16N2O2/c1-10-14-8-9-15(10)12-5-3-2-4-11(12)6-7-13(16)17/h2-5H,6-9H2,1H3,(H,16,17). The lowest BCUT2D eigenvalue weighted by molar-refractivity contribution is -0.136. The van der Waals surface area contributed by atoms with Gasteiger partial charge in [0, 0.05) is 18.7 Å². The van der Waals surface area contributed by atoms with Crippen molar-refractivity contribution in [2.75, 3.05) is 18.0 Å². The molecule has 90 valence electrons. The Labute approximate surface area is 101 Å². The number of hydrogen-bond acceptors (Lipinski definition) is 3. The summed E-state index contributed by atoms with van der Waals surface area (Å²) in [7, 11) is 0. The topological polar surface area (TPSA) is 52.9 Å². The molecule has 1 aromatic rings. The molecule has 1 aliphatic rings. The average molecular weight is 232 g/mol. The summed E-state index contributed by atoms with van der Waals surface area (Å²) in [6.45, 7) is 3.69. The molecule has 0 aliphatic carbocycles. The van der Waals surface area contributed by atoms with E-state index in [0.717, 1.165) is 30.2 Å². The van der Waals surface area contributed by atoms with Crippen molar-refractivity contribution in [3.63, 3.8) is 0 Å². The molecule has 0 atom stereocenters. The smallest absolute Gasteiger partial charge is 0.303 e. The van der Waals surface area contributed by atoms with Crippen molar-refractivity contribution in [2.45, 2.75) is 19.8 Å². The third-order valence-corrected chi connectivity index (χ3v) is 2.95. The number of aryl methyl sites for hydroxylation is 1. The zero-order valence-corrected chi connectivity index (χ0v) is 9.89. The van der Waals surface area contributed by atoms with Crippen LogP contribution in [0.2, 0.25) is 0 Å². The van der Waals surface area contributed by atoms with E-state index in [9.17, 15) is 4.79 Å². The van der Waals surface area contributed by atoms with Gasteiger partial charge in [0.15, 0.2) is 0 Å². The van der Waals surface area contributed by atoms with Gasteiger partial charge in [0.25, 0.3) is 0 Å². The van der Waals surface area contributed by atoms with Crippen molar-refractivity contribution < 1.29 is 9.90 Å². The average Bonchev–Trinajstić information content (AvgIpc) is 2.73. The molecule has 0 radical (unpaired) electrons. The van der Waals surface area contributed by atoms with E-state index in [-0.39, 0.29) is 6.42 Å². The van der Waals surface area contributed by atoms with Crippen molar-refractivity contribution in [1.82, 2.24) is 0 Å². The molecule has 0 aromatic heterocycles. The molecular weight excluding hydrogens is 216 g/mol. The maximum absolute atomic E-state index is 10.6. The first-order chi connectivity index (χ1) is 8.18. The lowest BCUT2D eigenvalue weighted by atomic mass is 10.1. The molecule has 1 aliphatic heterocycles. The van der Waals surface area contributed by atoms with Crippen molar-refractivity contribution in [3.05, 3.63) is 29.8 Å². The first kappa shape index (κ1) is 11.6. The van der Waals surface area contributed by atoms with Crippen LogP contribution in [0.25, 0.3) is 0 Å². The summed E-state index contributed by atoms with van der Waals surface area (Å²) in [5.74, 6) is 0.249. The minimum absolute atomic E-state index is 0.168. The van der Waals surface area contributed by atoms with Gasteiger partial charge < -0.3 is 10.0 Å². The third kappa shape index (κ3) is 2.64. The van der Waals surface area contributed by atoms with Crippen LogP contribution in [0, 0.1) is 0 Å². The van der Waals surface area contributed by atoms with Gasteiger partial charge in [0.1, 0.15) is 5.84 Å². The van der Waals surface area contributed by atoms with E-state index in [1.807, 2.05) is 31.2 Å². The second kappa shape index (κ2) is 4.99. The number of para-hydroxylation sites is 1. The molecule has 1 heterocycles. The fraction of sp³-hybridized carbons (Fsp3) is 0.385. The van der Waals surface area contributed by atoms with E-state index < -0.39 is 5.97 Å². The van der Waals surface area contributed by atoms with E-state index in [1.165, 1.54) is 0 Å². The van der Waals surface area contributed by atoms with Gasteiger partial charge in [-0.3, -0.25) is 9.79 Å². The predicted octanol–water partition coefficient (Wildman–Crippen LogP) is 1.94. The second-order valence-corrected chi connectivity index (χ2v) is 4.10. The van der Waals surface area contributed by atoms with Crippen LogP contribution in [-0.4, -0.2) is 30.0 Å². The minimum atomic E-state index is -0.758. The summed E-state index contributed by atoms with van der Waals surface area (Å²) in [5.41, 5.74) is 2.17. The highest BCUT2D eigenvalue weighted by Crippen LogP contribution is 2.23. The summed E-state index contributed by atoms with van der Waals surface area (Å²) in [5, 5.41) is 8.75. The number of carboxylic acid groups (broad SMARTS) is 1. The summed E-state index contributed by atoms with van der Waals surface area (Å²) in [4.78, 5) is 17.1. The van der Waals surface area contributed by atoms with Gasteiger partial charge in [-0.2, -0.15) is 0 Å². The van der Waals surface area contributed by atoms with Gasteiger partial charge in [-0.25, -0.2) is 0 Å². The highest BCUT2D eigenvalue weighted by atomic mass is 16.4. The second-order valence-electron chi connectivity index (χ2n) is 4.10. The number of benzene rings is 1. The van der Waals surface area contributed by atoms with E-state index >= 15 is 0 Å². The highest BCUT2D eigenvalue weighted by Gasteiger charge is 2.17. The Balaban J connectivity index is 2.21. The van der Waals surface area contributed by atoms with Crippen LogP contribution >= 0.6 is 0 Å². The zero-order valence-electron chi connectivity index (χ0n) is 9.89. The number of amidine groups is 1. The first-order valence-electron chi connectivity index (χ1n) is 5.77. The maximum Gasteiger partial charge on any atom is 0.303 e. The number of anilines is 1. The fourth-order valence-corrected chi connectivity index (χ4v) is 2.08. The maximum atomic E-state index is 10.6. The molecule has 1 aromatic carbocycles. The molecule has 0 bridgehead atoms. The summed E-state index contributed by atoms with van der Waals surface area (Å²) in [6, 6.07) is 7.94.